The molecule has 0 unspecified atom stereocenters. The van der Waals surface area contributed by atoms with Crippen LogP contribution in [0.3, 0.4) is 0 Å². The highest BCUT2D eigenvalue weighted by Crippen LogP contribution is 2.22. The summed E-state index contributed by atoms with van der Waals surface area (Å²) in [5.41, 5.74) is 3.38. The molecule has 38 heavy (non-hydrogen) atoms. The van der Waals surface area contributed by atoms with E-state index in [1.54, 1.807) is 49.6 Å². The van der Waals surface area contributed by atoms with Gasteiger partial charge in [0.05, 0.1) is 20.1 Å². The van der Waals surface area contributed by atoms with Gasteiger partial charge in [-0.2, -0.15) is 0 Å². The van der Waals surface area contributed by atoms with Gasteiger partial charge in [0.25, 0.3) is 5.91 Å². The van der Waals surface area contributed by atoms with Crippen LogP contribution in [0.25, 0.3) is 0 Å². The van der Waals surface area contributed by atoms with Crippen LogP contribution < -0.4 is 15.0 Å². The molecule has 0 aliphatic carbocycles. The molecular weight excluding hydrogens is 486 g/mol. The van der Waals surface area contributed by atoms with Gasteiger partial charge in [0, 0.05) is 17.8 Å². The molecule has 0 aromatic heterocycles. The minimum absolute atomic E-state index is 0.106. The van der Waals surface area contributed by atoms with Crippen molar-refractivity contribution in [1.82, 2.24) is 5.32 Å². The van der Waals surface area contributed by atoms with E-state index in [1.165, 1.54) is 35.2 Å². The Labute approximate surface area is 220 Å². The number of carbonyl (C=O) groups is 2. The number of anilines is 1. The van der Waals surface area contributed by atoms with Gasteiger partial charge in [-0.3, -0.25) is 9.59 Å². The maximum absolute atomic E-state index is 13.8. The molecule has 0 fully saturated rings. The van der Waals surface area contributed by atoms with Crippen LogP contribution in [0, 0.1) is 11.6 Å². The van der Waals surface area contributed by atoms with Crippen molar-refractivity contribution in [2.75, 3.05) is 18.6 Å². The normalized spacial score (nSPS) is 10.6. The van der Waals surface area contributed by atoms with Gasteiger partial charge < -0.3 is 15.0 Å². The molecule has 4 aromatic rings. The van der Waals surface area contributed by atoms with Crippen molar-refractivity contribution in [2.24, 2.45) is 0 Å². The van der Waals surface area contributed by atoms with Gasteiger partial charge in [0.2, 0.25) is 5.91 Å². The van der Waals surface area contributed by atoms with Crippen LogP contribution in [-0.4, -0.2) is 25.5 Å². The summed E-state index contributed by atoms with van der Waals surface area (Å²) in [5, 5.41) is 2.93. The van der Waals surface area contributed by atoms with Crippen LogP contribution in [0.2, 0.25) is 0 Å². The molecule has 0 atom stereocenters. The standard InChI is InChI=1S/C31H28F2N2O3/c1-38-29-15-9-22(10-16-29)17-18-34-30(36)19-23-7-13-28(14-8-23)35(21-24-5-11-26(32)12-6-24)31(37)25-3-2-4-27(33)20-25/h2-16,20H,17-19,21H2,1H3,(H,34,36). The molecular formula is C31H28F2N2O3. The van der Waals surface area contributed by atoms with Crippen LogP contribution in [0.15, 0.2) is 97.1 Å². The van der Waals surface area contributed by atoms with Gasteiger partial charge in [-0.25, -0.2) is 8.78 Å². The predicted molar refractivity (Wildman–Crippen MR) is 143 cm³/mol. The van der Waals surface area contributed by atoms with Crippen molar-refractivity contribution < 1.29 is 23.1 Å². The van der Waals surface area contributed by atoms with Crippen LogP contribution in [-0.2, 0) is 24.2 Å². The third-order valence-corrected chi connectivity index (χ3v) is 6.08. The number of amides is 2. The van der Waals surface area contributed by atoms with E-state index in [0.29, 0.717) is 18.7 Å². The second-order valence-electron chi connectivity index (χ2n) is 8.82. The molecule has 0 radical (unpaired) electrons. The topological polar surface area (TPSA) is 58.6 Å². The fourth-order valence-corrected chi connectivity index (χ4v) is 4.01. The van der Waals surface area contributed by atoms with Crippen molar-refractivity contribution >= 4 is 17.5 Å². The number of carbonyl (C=O) groups excluding carboxylic acids is 2. The maximum atomic E-state index is 13.8. The van der Waals surface area contributed by atoms with E-state index in [4.69, 9.17) is 4.74 Å². The average Bonchev–Trinajstić information content (AvgIpc) is 2.93. The van der Waals surface area contributed by atoms with Crippen LogP contribution in [0.4, 0.5) is 14.5 Å². The molecule has 0 spiro atoms. The van der Waals surface area contributed by atoms with Crippen molar-refractivity contribution in [1.29, 1.82) is 0 Å². The van der Waals surface area contributed by atoms with Gasteiger partial charge in [-0.15, -0.1) is 0 Å². The molecule has 194 valence electrons. The summed E-state index contributed by atoms with van der Waals surface area (Å²) in [4.78, 5) is 27.3. The Morgan fingerprint density at radius 2 is 1.45 bits per heavy atom. The molecule has 0 heterocycles. The van der Waals surface area contributed by atoms with E-state index < -0.39 is 11.7 Å². The molecule has 4 rings (SSSR count). The molecule has 0 saturated carbocycles. The summed E-state index contributed by atoms with van der Waals surface area (Å²) in [7, 11) is 1.62. The van der Waals surface area contributed by atoms with E-state index in [0.717, 1.165) is 22.4 Å². The first-order valence-electron chi connectivity index (χ1n) is 12.2. The van der Waals surface area contributed by atoms with E-state index in [-0.39, 0.29) is 30.3 Å². The smallest absolute Gasteiger partial charge is 0.258 e. The zero-order valence-electron chi connectivity index (χ0n) is 21.0. The summed E-state index contributed by atoms with van der Waals surface area (Å²) >= 11 is 0. The number of hydrogen-bond donors (Lipinski definition) is 1. The first kappa shape index (κ1) is 26.5. The maximum Gasteiger partial charge on any atom is 0.258 e. The predicted octanol–water partition coefficient (Wildman–Crippen LogP) is 5.72. The fourth-order valence-electron chi connectivity index (χ4n) is 4.01. The average molecular weight is 515 g/mol. The van der Waals surface area contributed by atoms with E-state index in [2.05, 4.69) is 5.32 Å². The minimum atomic E-state index is -0.508. The molecule has 0 aliphatic heterocycles. The third kappa shape index (κ3) is 7.26. The molecule has 0 aliphatic rings. The highest BCUT2D eigenvalue weighted by atomic mass is 19.1. The Morgan fingerprint density at radius 1 is 0.789 bits per heavy atom. The molecule has 2 amide bonds. The second-order valence-corrected chi connectivity index (χ2v) is 8.82. The molecule has 1 N–H and O–H groups in total. The Balaban J connectivity index is 1.41. The zero-order chi connectivity index (χ0) is 26.9. The summed E-state index contributed by atoms with van der Waals surface area (Å²) in [5.74, 6) is -0.590. The molecule has 7 heteroatoms. The van der Waals surface area contributed by atoms with Crippen molar-refractivity contribution in [2.45, 2.75) is 19.4 Å². The highest BCUT2D eigenvalue weighted by molar-refractivity contribution is 6.06. The van der Waals surface area contributed by atoms with Gasteiger partial charge >= 0.3 is 0 Å². The van der Waals surface area contributed by atoms with Crippen LogP contribution in [0.1, 0.15) is 27.0 Å². The molecule has 4 aromatic carbocycles. The van der Waals surface area contributed by atoms with Crippen molar-refractivity contribution in [3.05, 3.63) is 131 Å². The Morgan fingerprint density at radius 3 is 2.11 bits per heavy atom. The zero-order valence-corrected chi connectivity index (χ0v) is 21.0. The van der Waals surface area contributed by atoms with Gasteiger partial charge in [-0.1, -0.05) is 42.5 Å². The van der Waals surface area contributed by atoms with Crippen LogP contribution >= 0.6 is 0 Å². The Bertz CT molecular complexity index is 1370. The number of halogens is 2. The largest absolute Gasteiger partial charge is 0.497 e. The lowest BCUT2D eigenvalue weighted by Crippen LogP contribution is -2.30. The summed E-state index contributed by atoms with van der Waals surface area (Å²) in [6, 6.07) is 26.1. The third-order valence-electron chi connectivity index (χ3n) is 6.08. The first-order chi connectivity index (χ1) is 18.4. The van der Waals surface area contributed by atoms with Crippen molar-refractivity contribution in [3.8, 4) is 5.75 Å². The first-order valence-corrected chi connectivity index (χ1v) is 12.2. The summed E-state index contributed by atoms with van der Waals surface area (Å²) in [6.45, 7) is 0.678. The van der Waals surface area contributed by atoms with E-state index in [9.17, 15) is 18.4 Å². The van der Waals surface area contributed by atoms with E-state index >= 15 is 0 Å². The SMILES string of the molecule is COc1ccc(CCNC(=O)Cc2ccc(N(Cc3ccc(F)cc3)C(=O)c3cccc(F)c3)cc2)cc1. The molecule has 0 bridgehead atoms. The monoisotopic (exact) mass is 514 g/mol. The number of nitrogens with zero attached hydrogens (tertiary/aromatic N) is 1. The number of methoxy groups -OCH3 is 1. The lowest BCUT2D eigenvalue weighted by molar-refractivity contribution is -0.120. The second kappa shape index (κ2) is 12.6. The number of ether oxygens (including phenoxy) is 1. The summed E-state index contributed by atoms with van der Waals surface area (Å²) < 4.78 is 32.4. The van der Waals surface area contributed by atoms with Gasteiger partial charge in [0.15, 0.2) is 0 Å². The number of rotatable bonds is 10. The molecule has 5 nitrogen and oxygen atoms in total. The summed E-state index contributed by atoms with van der Waals surface area (Å²) in [6.07, 6.45) is 0.897. The van der Waals surface area contributed by atoms with Gasteiger partial charge in [0.1, 0.15) is 17.4 Å². The number of nitrogens with one attached hydrogen (secondary N) is 1. The number of hydrogen-bond acceptors (Lipinski definition) is 3. The lowest BCUT2D eigenvalue weighted by atomic mass is 10.1. The van der Waals surface area contributed by atoms with Gasteiger partial charge in [-0.05, 0) is 77.7 Å². The highest BCUT2D eigenvalue weighted by Gasteiger charge is 2.19. The fraction of sp³-hybridized carbons (Fsp3) is 0.161. The lowest BCUT2D eigenvalue weighted by Gasteiger charge is -2.23. The quantitative estimate of drug-likeness (QED) is 0.294. The Hall–Kier alpha value is -4.52. The van der Waals surface area contributed by atoms with E-state index in [1.807, 2.05) is 24.3 Å². The number of benzene rings is 4. The Kier molecular flexibility index (Phi) is 8.82. The molecule has 0 saturated heterocycles. The van der Waals surface area contributed by atoms with Crippen molar-refractivity contribution in [3.63, 3.8) is 0 Å². The minimum Gasteiger partial charge on any atom is -0.497 e. The van der Waals surface area contributed by atoms with Crippen LogP contribution in [0.5, 0.6) is 5.75 Å².